The third-order valence-corrected chi connectivity index (χ3v) is 4.86. The zero-order valence-corrected chi connectivity index (χ0v) is 16.7. The number of hydrogen-bond acceptors (Lipinski definition) is 7. The Kier molecular flexibility index (Phi) is 7.38. The normalized spacial score (nSPS) is 10.5. The van der Waals surface area contributed by atoms with Gasteiger partial charge < -0.3 is 19.5 Å². The molecule has 2 rings (SSSR count). The minimum atomic E-state index is -1.81. The smallest absolute Gasteiger partial charge is 0.348 e. The van der Waals surface area contributed by atoms with Crippen LogP contribution in [-0.2, 0) is 14.3 Å². The van der Waals surface area contributed by atoms with Crippen molar-refractivity contribution in [1.82, 2.24) is 0 Å². The second-order valence-electron chi connectivity index (χ2n) is 5.61. The van der Waals surface area contributed by atoms with Crippen LogP contribution in [0.1, 0.15) is 32.5 Å². The Balaban J connectivity index is 2.27. The number of thiophene rings is 1. The first-order valence-electron chi connectivity index (χ1n) is 8.26. The number of amides is 1. The number of hydrogen-bond donors (Lipinski definition) is 1. The van der Waals surface area contributed by atoms with Crippen molar-refractivity contribution in [1.29, 1.82) is 0 Å². The zero-order chi connectivity index (χ0) is 22.6. The zero-order valence-electron chi connectivity index (χ0n) is 15.9. The molecule has 2 aromatic rings. The summed E-state index contributed by atoms with van der Waals surface area (Å²) in [7, 11) is 1.12. The Morgan fingerprint density at radius 3 is 2.20 bits per heavy atom. The number of ether oxygens (including phenoxy) is 3. The summed E-state index contributed by atoms with van der Waals surface area (Å²) < 4.78 is 67.7. The summed E-state index contributed by atoms with van der Waals surface area (Å²) in [5.41, 5.74) is 0.0653. The van der Waals surface area contributed by atoms with Crippen LogP contribution in [-0.4, -0.2) is 38.2 Å². The molecule has 1 aromatic carbocycles. The topological polar surface area (TPSA) is 90.9 Å². The number of nitrogens with one attached hydrogen (secondary N) is 1. The van der Waals surface area contributed by atoms with Crippen molar-refractivity contribution in [2.45, 2.75) is 13.8 Å². The monoisotopic (exact) mass is 449 g/mol. The summed E-state index contributed by atoms with van der Waals surface area (Å²) in [5.74, 6) is -11.1. The Labute approximate surface area is 171 Å². The van der Waals surface area contributed by atoms with E-state index in [9.17, 15) is 31.9 Å². The highest BCUT2D eigenvalue weighted by molar-refractivity contribution is 7.18. The highest BCUT2D eigenvalue weighted by Crippen LogP contribution is 2.34. The third kappa shape index (κ3) is 4.70. The van der Waals surface area contributed by atoms with Gasteiger partial charge in [-0.3, -0.25) is 4.79 Å². The minimum Gasteiger partial charge on any atom is -0.477 e. The molecule has 30 heavy (non-hydrogen) atoms. The molecule has 0 saturated carbocycles. The van der Waals surface area contributed by atoms with Gasteiger partial charge in [-0.15, -0.1) is 11.3 Å². The van der Waals surface area contributed by atoms with Gasteiger partial charge in [-0.1, -0.05) is 0 Å². The lowest BCUT2D eigenvalue weighted by Crippen LogP contribution is -2.22. The molecule has 0 atom stereocenters. The molecular formula is C18H15F4NO6S. The highest BCUT2D eigenvalue weighted by atomic mass is 32.1. The van der Waals surface area contributed by atoms with Crippen LogP contribution < -0.4 is 10.1 Å². The molecule has 1 heterocycles. The van der Waals surface area contributed by atoms with Crippen molar-refractivity contribution in [3.63, 3.8) is 0 Å². The predicted molar refractivity (Wildman–Crippen MR) is 96.8 cm³/mol. The van der Waals surface area contributed by atoms with Gasteiger partial charge in [0.1, 0.15) is 9.88 Å². The average Bonchev–Trinajstić information content (AvgIpc) is 3.01. The number of esters is 2. The number of carbonyl (C=O) groups is 3. The molecule has 0 aliphatic carbocycles. The van der Waals surface area contributed by atoms with Crippen LogP contribution in [0, 0.1) is 30.2 Å². The fourth-order valence-electron chi connectivity index (χ4n) is 2.32. The second kappa shape index (κ2) is 9.57. The summed E-state index contributed by atoms with van der Waals surface area (Å²) in [5, 5.41) is 2.14. The van der Waals surface area contributed by atoms with Crippen molar-refractivity contribution in [3.8, 4) is 5.75 Å². The van der Waals surface area contributed by atoms with E-state index in [4.69, 9.17) is 4.74 Å². The molecule has 0 spiro atoms. The van der Waals surface area contributed by atoms with E-state index in [1.54, 1.807) is 6.92 Å². The molecule has 0 saturated heterocycles. The van der Waals surface area contributed by atoms with Crippen LogP contribution in [0.25, 0.3) is 0 Å². The van der Waals surface area contributed by atoms with E-state index in [1.165, 1.54) is 6.92 Å². The van der Waals surface area contributed by atoms with E-state index < -0.39 is 53.5 Å². The lowest BCUT2D eigenvalue weighted by atomic mass is 10.1. The van der Waals surface area contributed by atoms with Crippen LogP contribution in [0.5, 0.6) is 5.75 Å². The predicted octanol–water partition coefficient (Wildman–Crippen LogP) is 3.59. The van der Waals surface area contributed by atoms with Gasteiger partial charge in [0.15, 0.2) is 24.0 Å². The van der Waals surface area contributed by atoms with E-state index in [2.05, 4.69) is 14.8 Å². The van der Waals surface area contributed by atoms with Gasteiger partial charge >= 0.3 is 11.9 Å². The van der Waals surface area contributed by atoms with Gasteiger partial charge in [-0.25, -0.2) is 18.4 Å². The summed E-state index contributed by atoms with van der Waals surface area (Å²) >= 11 is 0.703. The van der Waals surface area contributed by atoms with E-state index in [0.717, 1.165) is 7.11 Å². The van der Waals surface area contributed by atoms with Crippen molar-refractivity contribution in [3.05, 3.63) is 45.3 Å². The standard InChI is InChI=1S/C18H15F4NO6S/c1-4-28-17(25)11-7(2)15(18(26)27-3)30-16(11)23-10(24)6-29-14-12(21)8(19)5-9(20)13(14)22/h5H,4,6H2,1-3H3,(H,23,24). The SMILES string of the molecule is CCOC(=O)c1c(NC(=O)COc2c(F)c(F)cc(F)c2F)sc(C(=O)OC)c1C. The summed E-state index contributed by atoms with van der Waals surface area (Å²) in [6.07, 6.45) is 0. The minimum absolute atomic E-state index is 0.00795. The molecule has 0 aliphatic heterocycles. The van der Waals surface area contributed by atoms with E-state index in [1.807, 2.05) is 0 Å². The molecule has 0 aliphatic rings. The van der Waals surface area contributed by atoms with Crippen molar-refractivity contribution in [2.75, 3.05) is 25.6 Å². The van der Waals surface area contributed by atoms with Crippen LogP contribution >= 0.6 is 11.3 Å². The summed E-state index contributed by atoms with van der Waals surface area (Å²) in [6, 6.07) is -0.00795. The molecule has 162 valence electrons. The molecule has 1 amide bonds. The van der Waals surface area contributed by atoms with Gasteiger partial charge in [-0.2, -0.15) is 8.78 Å². The summed E-state index contributed by atoms with van der Waals surface area (Å²) in [6.45, 7) is 1.95. The van der Waals surface area contributed by atoms with Crippen LogP contribution in [0.3, 0.4) is 0 Å². The molecule has 1 aromatic heterocycles. The lowest BCUT2D eigenvalue weighted by molar-refractivity contribution is -0.118. The van der Waals surface area contributed by atoms with Gasteiger partial charge in [0.05, 0.1) is 19.3 Å². The Morgan fingerprint density at radius 1 is 1.07 bits per heavy atom. The molecule has 0 radical (unpaired) electrons. The molecule has 7 nitrogen and oxygen atoms in total. The maximum absolute atomic E-state index is 13.6. The molecule has 0 fully saturated rings. The van der Waals surface area contributed by atoms with Crippen molar-refractivity contribution in [2.24, 2.45) is 0 Å². The number of carbonyl (C=O) groups excluding carboxylic acids is 3. The second-order valence-corrected chi connectivity index (χ2v) is 6.63. The quantitative estimate of drug-likeness (QED) is 0.395. The van der Waals surface area contributed by atoms with Crippen molar-refractivity contribution < 1.29 is 46.2 Å². The number of halogens is 4. The van der Waals surface area contributed by atoms with E-state index in [0.29, 0.717) is 11.3 Å². The lowest BCUT2D eigenvalue weighted by Gasteiger charge is -2.10. The Hall–Kier alpha value is -3.15. The van der Waals surface area contributed by atoms with Gasteiger partial charge in [0.25, 0.3) is 5.91 Å². The van der Waals surface area contributed by atoms with Gasteiger partial charge in [0.2, 0.25) is 11.6 Å². The van der Waals surface area contributed by atoms with Crippen LogP contribution in [0.4, 0.5) is 22.6 Å². The molecule has 0 unspecified atom stereocenters. The largest absolute Gasteiger partial charge is 0.477 e. The number of rotatable bonds is 7. The highest BCUT2D eigenvalue weighted by Gasteiger charge is 2.27. The van der Waals surface area contributed by atoms with Crippen LogP contribution in [0.15, 0.2) is 6.07 Å². The summed E-state index contributed by atoms with van der Waals surface area (Å²) in [4.78, 5) is 36.2. The van der Waals surface area contributed by atoms with E-state index in [-0.39, 0.29) is 33.7 Å². The first-order chi connectivity index (χ1) is 14.1. The maximum Gasteiger partial charge on any atom is 0.348 e. The van der Waals surface area contributed by atoms with Crippen LogP contribution in [0.2, 0.25) is 0 Å². The maximum atomic E-state index is 13.6. The molecule has 0 bridgehead atoms. The first kappa shape index (κ1) is 23.1. The van der Waals surface area contributed by atoms with Crippen molar-refractivity contribution >= 4 is 34.2 Å². The average molecular weight is 449 g/mol. The van der Waals surface area contributed by atoms with Gasteiger partial charge in [-0.05, 0) is 19.4 Å². The number of anilines is 1. The fourth-order valence-corrected chi connectivity index (χ4v) is 3.45. The van der Waals surface area contributed by atoms with Gasteiger partial charge in [0, 0.05) is 6.07 Å². The number of methoxy groups -OCH3 is 1. The van der Waals surface area contributed by atoms with E-state index >= 15 is 0 Å². The Bertz CT molecular complexity index is 981. The molecule has 1 N–H and O–H groups in total. The first-order valence-corrected chi connectivity index (χ1v) is 9.08. The third-order valence-electron chi connectivity index (χ3n) is 3.67. The molecular weight excluding hydrogens is 434 g/mol. The Morgan fingerprint density at radius 2 is 1.67 bits per heavy atom. The molecule has 12 heteroatoms. The number of benzene rings is 1. The fraction of sp³-hybridized carbons (Fsp3) is 0.278.